The van der Waals surface area contributed by atoms with Gasteiger partial charge in [-0.1, -0.05) is 6.92 Å². The summed E-state index contributed by atoms with van der Waals surface area (Å²) in [6, 6.07) is 0.325. The van der Waals surface area contributed by atoms with E-state index in [-0.39, 0.29) is 6.03 Å². The monoisotopic (exact) mass is 268 g/mol. The summed E-state index contributed by atoms with van der Waals surface area (Å²) in [7, 11) is 0. The molecule has 1 aliphatic rings. The molecule has 0 radical (unpaired) electrons. The molecule has 1 aromatic rings. The number of hydrogen-bond acceptors (Lipinski definition) is 4. The van der Waals surface area contributed by atoms with Crippen molar-refractivity contribution in [3.8, 4) is 0 Å². The first-order valence-corrected chi connectivity index (χ1v) is 7.22. The molecule has 2 amide bonds. The van der Waals surface area contributed by atoms with E-state index in [1.165, 1.54) is 24.2 Å². The molecule has 0 aliphatic carbocycles. The Labute approximate surface area is 112 Å². The van der Waals surface area contributed by atoms with Crippen LogP contribution >= 0.6 is 11.3 Å². The topological polar surface area (TPSA) is 57.3 Å². The third kappa shape index (κ3) is 3.43. The van der Waals surface area contributed by atoms with Crippen molar-refractivity contribution < 1.29 is 4.79 Å². The summed E-state index contributed by atoms with van der Waals surface area (Å²) in [6.45, 7) is 7.05. The molecule has 5 nitrogen and oxygen atoms in total. The summed E-state index contributed by atoms with van der Waals surface area (Å²) >= 11 is 1.49. The molecular weight excluding hydrogens is 248 g/mol. The number of likely N-dealkylation sites (tertiary alicyclic amines) is 1. The van der Waals surface area contributed by atoms with Gasteiger partial charge in [0.1, 0.15) is 0 Å². The molecule has 1 fully saturated rings. The summed E-state index contributed by atoms with van der Waals surface area (Å²) in [6.07, 6.45) is 4.16. The molecule has 2 heterocycles. The van der Waals surface area contributed by atoms with Crippen LogP contribution in [0.25, 0.3) is 0 Å². The van der Waals surface area contributed by atoms with Crippen molar-refractivity contribution in [2.75, 3.05) is 25.0 Å². The highest BCUT2D eigenvalue weighted by molar-refractivity contribution is 7.15. The van der Waals surface area contributed by atoms with Crippen LogP contribution in [0, 0.1) is 6.92 Å². The number of amides is 2. The van der Waals surface area contributed by atoms with Crippen LogP contribution in [0.3, 0.4) is 0 Å². The number of likely N-dealkylation sites (N-methyl/N-ethyl adjacent to an activating group) is 1. The van der Waals surface area contributed by atoms with Crippen LogP contribution in [0.15, 0.2) is 6.20 Å². The third-order valence-electron chi connectivity index (χ3n) is 3.25. The van der Waals surface area contributed by atoms with E-state index in [0.29, 0.717) is 17.7 Å². The average molecular weight is 268 g/mol. The molecule has 0 spiro atoms. The maximum absolute atomic E-state index is 11.7. The van der Waals surface area contributed by atoms with E-state index >= 15 is 0 Å². The fourth-order valence-electron chi connectivity index (χ4n) is 2.31. The zero-order valence-corrected chi connectivity index (χ0v) is 11.7. The van der Waals surface area contributed by atoms with E-state index in [1.807, 2.05) is 6.92 Å². The van der Waals surface area contributed by atoms with Crippen LogP contribution in [0.2, 0.25) is 0 Å². The smallest absolute Gasteiger partial charge is 0.321 e. The number of nitrogens with zero attached hydrogens (tertiary/aromatic N) is 2. The van der Waals surface area contributed by atoms with Crippen LogP contribution in [-0.4, -0.2) is 41.6 Å². The van der Waals surface area contributed by atoms with E-state index in [2.05, 4.69) is 27.4 Å². The lowest BCUT2D eigenvalue weighted by molar-refractivity contribution is 0.238. The molecule has 0 aromatic carbocycles. The van der Waals surface area contributed by atoms with Gasteiger partial charge in [0.05, 0.1) is 0 Å². The fourth-order valence-corrected chi connectivity index (χ4v) is 2.97. The standard InChI is InChI=1S/C12H20N4OS/c1-3-16-6-4-5-10(16)8-13-11(17)15-12-14-7-9(2)18-12/h7,10H,3-6,8H2,1-2H3,(H2,13,14,15,17). The number of carbonyl (C=O) groups is 1. The Morgan fingerprint density at radius 1 is 1.67 bits per heavy atom. The highest BCUT2D eigenvalue weighted by Gasteiger charge is 2.23. The van der Waals surface area contributed by atoms with Gasteiger partial charge in [-0.25, -0.2) is 9.78 Å². The van der Waals surface area contributed by atoms with Crippen LogP contribution in [0.5, 0.6) is 0 Å². The Hall–Kier alpha value is -1.14. The Balaban J connectivity index is 1.74. The highest BCUT2D eigenvalue weighted by Crippen LogP contribution is 2.17. The number of carbonyl (C=O) groups excluding carboxylic acids is 1. The van der Waals surface area contributed by atoms with Crippen molar-refractivity contribution in [3.63, 3.8) is 0 Å². The third-order valence-corrected chi connectivity index (χ3v) is 4.07. The first-order valence-electron chi connectivity index (χ1n) is 6.40. The molecular formula is C12H20N4OS. The molecule has 0 bridgehead atoms. The van der Waals surface area contributed by atoms with Gasteiger partial charge in [0, 0.05) is 23.7 Å². The minimum Gasteiger partial charge on any atom is -0.336 e. The Kier molecular flexibility index (Phi) is 4.54. The highest BCUT2D eigenvalue weighted by atomic mass is 32.1. The second-order valence-corrected chi connectivity index (χ2v) is 5.77. The van der Waals surface area contributed by atoms with Crippen LogP contribution in [0.1, 0.15) is 24.6 Å². The predicted molar refractivity (Wildman–Crippen MR) is 74.1 cm³/mol. The number of thiazole rings is 1. The lowest BCUT2D eigenvalue weighted by atomic mass is 10.2. The molecule has 1 atom stereocenters. The number of aryl methyl sites for hydroxylation is 1. The van der Waals surface area contributed by atoms with Crippen molar-refractivity contribution in [1.29, 1.82) is 0 Å². The van der Waals surface area contributed by atoms with Gasteiger partial charge in [0.25, 0.3) is 0 Å². The van der Waals surface area contributed by atoms with E-state index in [9.17, 15) is 4.79 Å². The lowest BCUT2D eigenvalue weighted by Crippen LogP contribution is -2.41. The van der Waals surface area contributed by atoms with Crippen LogP contribution in [0.4, 0.5) is 9.93 Å². The Morgan fingerprint density at radius 2 is 2.50 bits per heavy atom. The number of anilines is 1. The van der Waals surface area contributed by atoms with E-state index in [1.54, 1.807) is 6.20 Å². The van der Waals surface area contributed by atoms with Gasteiger partial charge in [-0.3, -0.25) is 10.2 Å². The number of aromatic nitrogens is 1. The molecule has 0 saturated carbocycles. The summed E-state index contributed by atoms with van der Waals surface area (Å²) < 4.78 is 0. The van der Waals surface area contributed by atoms with Crippen molar-refractivity contribution in [1.82, 2.24) is 15.2 Å². The van der Waals surface area contributed by atoms with Gasteiger partial charge >= 0.3 is 6.03 Å². The maximum Gasteiger partial charge on any atom is 0.321 e. The molecule has 1 aromatic heterocycles. The van der Waals surface area contributed by atoms with Crippen molar-refractivity contribution in [2.45, 2.75) is 32.7 Å². The van der Waals surface area contributed by atoms with E-state index in [0.717, 1.165) is 18.0 Å². The quantitative estimate of drug-likeness (QED) is 0.879. The molecule has 1 aliphatic heterocycles. The first kappa shape index (κ1) is 13.3. The second kappa shape index (κ2) is 6.15. The molecule has 1 unspecified atom stereocenters. The Bertz CT molecular complexity index is 407. The Morgan fingerprint density at radius 3 is 3.17 bits per heavy atom. The van der Waals surface area contributed by atoms with Gasteiger partial charge in [-0.15, -0.1) is 11.3 Å². The minimum atomic E-state index is -0.160. The SMILES string of the molecule is CCN1CCCC1CNC(=O)Nc1ncc(C)s1. The molecule has 100 valence electrons. The number of rotatable bonds is 4. The van der Waals surface area contributed by atoms with Gasteiger partial charge in [0.2, 0.25) is 0 Å². The van der Waals surface area contributed by atoms with Gasteiger partial charge < -0.3 is 5.32 Å². The van der Waals surface area contributed by atoms with Crippen molar-refractivity contribution in [3.05, 3.63) is 11.1 Å². The van der Waals surface area contributed by atoms with E-state index in [4.69, 9.17) is 0 Å². The zero-order valence-electron chi connectivity index (χ0n) is 10.9. The number of urea groups is 1. The largest absolute Gasteiger partial charge is 0.336 e. The normalized spacial score (nSPS) is 20.0. The first-order chi connectivity index (χ1) is 8.69. The van der Waals surface area contributed by atoms with E-state index < -0.39 is 0 Å². The molecule has 2 rings (SSSR count). The molecule has 6 heteroatoms. The minimum absolute atomic E-state index is 0.160. The number of nitrogens with one attached hydrogen (secondary N) is 2. The predicted octanol–water partition coefficient (Wildman–Crippen LogP) is 2.06. The fraction of sp³-hybridized carbons (Fsp3) is 0.667. The average Bonchev–Trinajstić information content (AvgIpc) is 2.95. The molecule has 1 saturated heterocycles. The summed E-state index contributed by atoms with van der Waals surface area (Å²) in [5.41, 5.74) is 0. The van der Waals surface area contributed by atoms with Crippen molar-refractivity contribution in [2.24, 2.45) is 0 Å². The van der Waals surface area contributed by atoms with Gasteiger partial charge in [0.15, 0.2) is 5.13 Å². The summed E-state index contributed by atoms with van der Waals surface area (Å²) in [4.78, 5) is 19.3. The molecule has 2 N–H and O–H groups in total. The molecule has 18 heavy (non-hydrogen) atoms. The summed E-state index contributed by atoms with van der Waals surface area (Å²) in [5, 5.41) is 6.34. The summed E-state index contributed by atoms with van der Waals surface area (Å²) in [5.74, 6) is 0. The zero-order chi connectivity index (χ0) is 13.0. The van der Waals surface area contributed by atoms with Crippen LogP contribution in [-0.2, 0) is 0 Å². The van der Waals surface area contributed by atoms with Crippen LogP contribution < -0.4 is 10.6 Å². The van der Waals surface area contributed by atoms with Crippen molar-refractivity contribution >= 4 is 22.5 Å². The maximum atomic E-state index is 11.7. The second-order valence-electron chi connectivity index (χ2n) is 4.54. The van der Waals surface area contributed by atoms with Gasteiger partial charge in [-0.05, 0) is 32.9 Å². The lowest BCUT2D eigenvalue weighted by Gasteiger charge is -2.22. The van der Waals surface area contributed by atoms with Gasteiger partial charge in [-0.2, -0.15) is 0 Å². The number of hydrogen-bond donors (Lipinski definition) is 2.